The average Bonchev–Trinajstić information content (AvgIpc) is 3.24. The third-order valence-corrected chi connectivity index (χ3v) is 6.56. The van der Waals surface area contributed by atoms with E-state index in [1.165, 1.54) is 0 Å². The van der Waals surface area contributed by atoms with Crippen molar-refractivity contribution in [2.24, 2.45) is 0 Å². The van der Waals surface area contributed by atoms with E-state index in [-0.39, 0.29) is 18.4 Å². The molecule has 3 aromatic carbocycles. The molecule has 2 amide bonds. The summed E-state index contributed by atoms with van der Waals surface area (Å²) < 4.78 is 2.04. The Kier molecular flexibility index (Phi) is 8.50. The molecule has 4 rings (SSSR count). The lowest BCUT2D eigenvalue weighted by Crippen LogP contribution is -2.30. The van der Waals surface area contributed by atoms with E-state index in [2.05, 4.69) is 5.32 Å². The van der Waals surface area contributed by atoms with E-state index in [1.54, 1.807) is 4.90 Å². The highest BCUT2D eigenvalue weighted by Gasteiger charge is 2.17. The molecule has 1 aromatic heterocycles. The lowest BCUT2D eigenvalue weighted by molar-refractivity contribution is -0.120. The SMILES string of the molecule is Cc1ccccc1CC(=O)NCCCCCc1nc2ccccc2n1CC(=O)N(C)c1ccccc1. The lowest BCUT2D eigenvalue weighted by atomic mass is 10.1. The van der Waals surface area contributed by atoms with Gasteiger partial charge in [0.25, 0.3) is 0 Å². The molecule has 0 fully saturated rings. The summed E-state index contributed by atoms with van der Waals surface area (Å²) in [5.74, 6) is 1.00. The van der Waals surface area contributed by atoms with Gasteiger partial charge in [0.05, 0.1) is 17.5 Å². The number of benzene rings is 3. The van der Waals surface area contributed by atoms with E-state index in [9.17, 15) is 9.59 Å². The summed E-state index contributed by atoms with van der Waals surface area (Å²) in [6, 6.07) is 25.6. The molecule has 0 aliphatic carbocycles. The minimum atomic E-state index is 0.0157. The van der Waals surface area contributed by atoms with Gasteiger partial charge in [0.15, 0.2) is 0 Å². The van der Waals surface area contributed by atoms with Gasteiger partial charge in [-0.15, -0.1) is 0 Å². The van der Waals surface area contributed by atoms with Crippen molar-refractivity contribution < 1.29 is 9.59 Å². The largest absolute Gasteiger partial charge is 0.356 e. The number of rotatable bonds is 11. The zero-order valence-electron chi connectivity index (χ0n) is 21.1. The van der Waals surface area contributed by atoms with Crippen LogP contribution in [0.5, 0.6) is 0 Å². The summed E-state index contributed by atoms with van der Waals surface area (Å²) in [6.07, 6.45) is 4.04. The number of aryl methyl sites for hydroxylation is 2. The fourth-order valence-corrected chi connectivity index (χ4v) is 4.39. The van der Waals surface area contributed by atoms with Crippen LogP contribution in [-0.4, -0.2) is 35.0 Å². The van der Waals surface area contributed by atoms with E-state index in [0.29, 0.717) is 13.0 Å². The molecule has 1 heterocycles. The third-order valence-electron chi connectivity index (χ3n) is 6.56. The molecule has 1 N–H and O–H groups in total. The number of aromatic nitrogens is 2. The molecular weight excluding hydrogens is 448 g/mol. The van der Waals surface area contributed by atoms with E-state index in [0.717, 1.165) is 59.4 Å². The molecule has 186 valence electrons. The second-order valence-electron chi connectivity index (χ2n) is 9.16. The maximum absolute atomic E-state index is 13.1. The molecule has 36 heavy (non-hydrogen) atoms. The van der Waals surface area contributed by atoms with Gasteiger partial charge in [-0.3, -0.25) is 9.59 Å². The van der Waals surface area contributed by atoms with Gasteiger partial charge < -0.3 is 14.8 Å². The van der Waals surface area contributed by atoms with E-state index in [4.69, 9.17) is 4.98 Å². The summed E-state index contributed by atoms with van der Waals surface area (Å²) in [5, 5.41) is 3.03. The Bertz CT molecular complexity index is 1310. The number of nitrogens with one attached hydrogen (secondary N) is 1. The standard InChI is InChI=1S/C30H34N4O2/c1-23-13-8-9-14-24(23)21-29(35)31-20-12-4-7-19-28-32-26-17-10-11-18-27(26)34(28)22-30(36)33(2)25-15-5-3-6-16-25/h3,5-6,8-11,13-18H,4,7,12,19-22H2,1-2H3,(H,31,35). The van der Waals surface area contributed by atoms with Crippen molar-refractivity contribution in [1.82, 2.24) is 14.9 Å². The summed E-state index contributed by atoms with van der Waals surface area (Å²) in [5.41, 5.74) is 4.97. The molecule has 0 bridgehead atoms. The number of nitrogens with zero attached hydrogens (tertiary/aromatic N) is 3. The van der Waals surface area contributed by atoms with Crippen LogP contribution in [0.3, 0.4) is 0 Å². The molecule has 0 saturated heterocycles. The average molecular weight is 483 g/mol. The number of likely N-dealkylation sites (N-methyl/N-ethyl adjacent to an activating group) is 1. The van der Waals surface area contributed by atoms with Crippen LogP contribution < -0.4 is 10.2 Å². The number of fused-ring (bicyclic) bond motifs is 1. The number of anilines is 1. The second-order valence-corrected chi connectivity index (χ2v) is 9.16. The molecule has 0 aliphatic heterocycles. The predicted octanol–water partition coefficient (Wildman–Crippen LogP) is 5.08. The van der Waals surface area contributed by atoms with Gasteiger partial charge in [0.1, 0.15) is 12.4 Å². The van der Waals surface area contributed by atoms with Crippen LogP contribution in [0, 0.1) is 6.92 Å². The minimum Gasteiger partial charge on any atom is -0.356 e. The van der Waals surface area contributed by atoms with Gasteiger partial charge in [0.2, 0.25) is 11.8 Å². The minimum absolute atomic E-state index is 0.0157. The number of amides is 2. The maximum Gasteiger partial charge on any atom is 0.246 e. The topological polar surface area (TPSA) is 67.2 Å². The number of para-hydroxylation sites is 3. The first-order valence-electron chi connectivity index (χ1n) is 12.6. The van der Waals surface area contributed by atoms with Crippen LogP contribution in [-0.2, 0) is 29.0 Å². The van der Waals surface area contributed by atoms with Gasteiger partial charge in [-0.05, 0) is 55.2 Å². The molecule has 6 nitrogen and oxygen atoms in total. The Morgan fingerprint density at radius 2 is 1.61 bits per heavy atom. The fraction of sp³-hybridized carbons (Fsp3) is 0.300. The van der Waals surface area contributed by atoms with E-state index < -0.39 is 0 Å². The molecule has 4 aromatic rings. The van der Waals surface area contributed by atoms with Crippen molar-refractivity contribution in [3.8, 4) is 0 Å². The Hall–Kier alpha value is -3.93. The number of carbonyl (C=O) groups is 2. The Morgan fingerprint density at radius 1 is 0.889 bits per heavy atom. The number of unbranched alkanes of at least 4 members (excludes halogenated alkanes) is 2. The molecule has 0 spiro atoms. The first-order chi connectivity index (χ1) is 17.5. The van der Waals surface area contributed by atoms with Crippen molar-refractivity contribution in [3.05, 3.63) is 95.8 Å². The van der Waals surface area contributed by atoms with Crippen molar-refractivity contribution in [3.63, 3.8) is 0 Å². The number of carbonyl (C=O) groups excluding carboxylic acids is 2. The number of hydrogen-bond acceptors (Lipinski definition) is 3. The van der Waals surface area contributed by atoms with Crippen LogP contribution in [0.4, 0.5) is 5.69 Å². The Labute approximate surface area is 213 Å². The van der Waals surface area contributed by atoms with Gasteiger partial charge >= 0.3 is 0 Å². The molecule has 0 unspecified atom stereocenters. The molecular formula is C30H34N4O2. The van der Waals surface area contributed by atoms with E-state index >= 15 is 0 Å². The van der Waals surface area contributed by atoms with Crippen LogP contribution in [0.1, 0.15) is 36.2 Å². The van der Waals surface area contributed by atoms with Crippen LogP contribution in [0.25, 0.3) is 11.0 Å². The molecule has 6 heteroatoms. The fourth-order valence-electron chi connectivity index (χ4n) is 4.39. The van der Waals surface area contributed by atoms with Gasteiger partial charge in [-0.1, -0.05) is 61.0 Å². The lowest BCUT2D eigenvalue weighted by Gasteiger charge is -2.18. The monoisotopic (exact) mass is 482 g/mol. The third kappa shape index (κ3) is 6.39. The first-order valence-corrected chi connectivity index (χ1v) is 12.6. The van der Waals surface area contributed by atoms with Crippen LogP contribution in [0.15, 0.2) is 78.9 Å². The Morgan fingerprint density at radius 3 is 2.42 bits per heavy atom. The Balaban J connectivity index is 1.29. The summed E-state index contributed by atoms with van der Waals surface area (Å²) >= 11 is 0. The van der Waals surface area contributed by atoms with Gasteiger partial charge in [-0.2, -0.15) is 0 Å². The quantitative estimate of drug-likeness (QED) is 0.303. The van der Waals surface area contributed by atoms with Crippen LogP contribution in [0.2, 0.25) is 0 Å². The zero-order chi connectivity index (χ0) is 25.3. The van der Waals surface area contributed by atoms with Crippen molar-refractivity contribution in [1.29, 1.82) is 0 Å². The van der Waals surface area contributed by atoms with Crippen LogP contribution >= 0.6 is 0 Å². The van der Waals surface area contributed by atoms with Crippen molar-refractivity contribution in [2.45, 2.75) is 45.6 Å². The predicted molar refractivity (Wildman–Crippen MR) is 145 cm³/mol. The van der Waals surface area contributed by atoms with Crippen molar-refractivity contribution in [2.75, 3.05) is 18.5 Å². The molecule has 0 radical (unpaired) electrons. The highest BCUT2D eigenvalue weighted by molar-refractivity contribution is 5.93. The van der Waals surface area contributed by atoms with E-state index in [1.807, 2.05) is 97.4 Å². The first kappa shape index (κ1) is 25.2. The molecule has 0 atom stereocenters. The van der Waals surface area contributed by atoms with Crippen molar-refractivity contribution >= 4 is 28.5 Å². The smallest absolute Gasteiger partial charge is 0.246 e. The highest BCUT2D eigenvalue weighted by Crippen LogP contribution is 2.19. The normalized spacial score (nSPS) is 10.9. The second kappa shape index (κ2) is 12.2. The summed E-state index contributed by atoms with van der Waals surface area (Å²) in [7, 11) is 1.81. The summed E-state index contributed by atoms with van der Waals surface area (Å²) in [4.78, 5) is 31.9. The van der Waals surface area contributed by atoms with Gasteiger partial charge in [0, 0.05) is 25.7 Å². The highest BCUT2D eigenvalue weighted by atomic mass is 16.2. The number of imidazole rings is 1. The maximum atomic E-state index is 13.1. The van der Waals surface area contributed by atoms with Gasteiger partial charge in [-0.25, -0.2) is 4.98 Å². The molecule has 0 aliphatic rings. The zero-order valence-corrected chi connectivity index (χ0v) is 21.1. The number of hydrogen-bond donors (Lipinski definition) is 1. The molecule has 0 saturated carbocycles. The summed E-state index contributed by atoms with van der Waals surface area (Å²) in [6.45, 7) is 2.95.